The number of hydrogen-bond acceptors (Lipinski definition) is 2. The molecule has 2 rings (SSSR count). The van der Waals surface area contributed by atoms with Crippen molar-refractivity contribution in [3.8, 4) is 5.75 Å². The highest BCUT2D eigenvalue weighted by Gasteiger charge is 2.20. The second-order valence-corrected chi connectivity index (χ2v) is 8.30. The maximum absolute atomic E-state index is 12.5. The highest BCUT2D eigenvalue weighted by Crippen LogP contribution is 2.33. The lowest BCUT2D eigenvalue weighted by Gasteiger charge is -2.23. The number of halogens is 1. The third-order valence-corrected chi connectivity index (χ3v) is 4.86. The number of hydrogen-bond donors (Lipinski definition) is 1. The van der Waals surface area contributed by atoms with E-state index < -0.39 is 0 Å². The van der Waals surface area contributed by atoms with Gasteiger partial charge in [-0.1, -0.05) is 68.7 Å². The number of amides is 1. The second kappa shape index (κ2) is 8.72. The summed E-state index contributed by atoms with van der Waals surface area (Å²) in [5.74, 6) is 0.610. The van der Waals surface area contributed by atoms with Crippen LogP contribution in [0.4, 0.5) is 5.69 Å². The summed E-state index contributed by atoms with van der Waals surface area (Å²) in [5, 5.41) is 3.05. The molecule has 0 radical (unpaired) electrons. The number of carbonyl (C=O) groups is 1. The van der Waals surface area contributed by atoms with E-state index in [2.05, 4.69) is 74.1 Å². The van der Waals surface area contributed by atoms with E-state index in [0.717, 1.165) is 45.4 Å². The first-order chi connectivity index (χ1) is 12.3. The van der Waals surface area contributed by atoms with Crippen molar-refractivity contribution < 1.29 is 9.53 Å². The lowest BCUT2D eigenvalue weighted by atomic mass is 9.86. The van der Waals surface area contributed by atoms with Gasteiger partial charge in [-0.15, -0.1) is 0 Å². The standard InChI is InChI=1S/C22H28BrNO2/c1-6-15-9-8-10-16(7-2)21(15)24-20(25)14-26-19-12-11-17(23)13-18(19)22(3,4)5/h8-13H,6-7,14H2,1-5H3,(H,24,25). The lowest BCUT2D eigenvalue weighted by Crippen LogP contribution is -2.23. The van der Waals surface area contributed by atoms with Crippen molar-refractivity contribution >= 4 is 27.5 Å². The van der Waals surface area contributed by atoms with Crippen LogP contribution in [0.3, 0.4) is 0 Å². The van der Waals surface area contributed by atoms with Gasteiger partial charge in [0.15, 0.2) is 6.61 Å². The van der Waals surface area contributed by atoms with E-state index in [1.807, 2.05) is 18.2 Å². The van der Waals surface area contributed by atoms with Gasteiger partial charge in [-0.2, -0.15) is 0 Å². The predicted molar refractivity (Wildman–Crippen MR) is 112 cm³/mol. The fourth-order valence-corrected chi connectivity index (χ4v) is 3.30. The van der Waals surface area contributed by atoms with Crippen LogP contribution in [0.2, 0.25) is 0 Å². The molecule has 0 atom stereocenters. The Hall–Kier alpha value is -1.81. The Morgan fingerprint density at radius 1 is 1.08 bits per heavy atom. The molecule has 1 N–H and O–H groups in total. The van der Waals surface area contributed by atoms with Crippen LogP contribution >= 0.6 is 15.9 Å². The number of nitrogens with one attached hydrogen (secondary N) is 1. The zero-order valence-electron chi connectivity index (χ0n) is 16.3. The molecule has 0 heterocycles. The number of anilines is 1. The van der Waals surface area contributed by atoms with Gasteiger partial charge in [-0.05, 0) is 47.6 Å². The first kappa shape index (κ1) is 20.5. The maximum atomic E-state index is 12.5. The molecule has 4 heteroatoms. The van der Waals surface area contributed by atoms with Crippen molar-refractivity contribution in [1.29, 1.82) is 0 Å². The van der Waals surface area contributed by atoms with Crippen molar-refractivity contribution in [3.05, 3.63) is 57.6 Å². The Labute approximate surface area is 165 Å². The number of rotatable bonds is 6. The first-order valence-corrected chi connectivity index (χ1v) is 9.89. The largest absolute Gasteiger partial charge is 0.483 e. The minimum absolute atomic E-state index is 0.00802. The molecule has 0 fully saturated rings. The molecule has 0 aliphatic heterocycles. The predicted octanol–water partition coefficient (Wildman–Crippen LogP) is 5.89. The van der Waals surface area contributed by atoms with Crippen molar-refractivity contribution in [1.82, 2.24) is 0 Å². The summed E-state index contributed by atoms with van der Waals surface area (Å²) >= 11 is 3.51. The molecule has 0 aliphatic carbocycles. The average Bonchev–Trinajstić information content (AvgIpc) is 2.60. The first-order valence-electron chi connectivity index (χ1n) is 9.09. The van der Waals surface area contributed by atoms with E-state index in [1.54, 1.807) is 0 Å². The number of ether oxygens (including phenoxy) is 1. The van der Waals surface area contributed by atoms with Crippen LogP contribution in [0.15, 0.2) is 40.9 Å². The molecule has 0 aliphatic rings. The highest BCUT2D eigenvalue weighted by atomic mass is 79.9. The molecule has 0 saturated heterocycles. The summed E-state index contributed by atoms with van der Waals surface area (Å²) in [7, 11) is 0. The molecule has 1 amide bonds. The van der Waals surface area contributed by atoms with Gasteiger partial charge in [0, 0.05) is 15.7 Å². The lowest BCUT2D eigenvalue weighted by molar-refractivity contribution is -0.118. The normalized spacial score (nSPS) is 11.3. The number of carbonyl (C=O) groups excluding carboxylic acids is 1. The minimum atomic E-state index is -0.136. The van der Waals surface area contributed by atoms with E-state index in [1.165, 1.54) is 0 Å². The molecule has 0 unspecified atom stereocenters. The summed E-state index contributed by atoms with van der Waals surface area (Å²) in [6, 6.07) is 12.1. The molecule has 140 valence electrons. The summed E-state index contributed by atoms with van der Waals surface area (Å²) in [5.41, 5.74) is 4.23. The van der Waals surface area contributed by atoms with Crippen LogP contribution in [0, 0.1) is 0 Å². The number of para-hydroxylation sites is 1. The van der Waals surface area contributed by atoms with Crippen LogP contribution in [-0.2, 0) is 23.1 Å². The topological polar surface area (TPSA) is 38.3 Å². The SMILES string of the molecule is CCc1cccc(CC)c1NC(=O)COc1ccc(Br)cc1C(C)(C)C. The van der Waals surface area contributed by atoms with Crippen LogP contribution in [-0.4, -0.2) is 12.5 Å². The zero-order valence-corrected chi connectivity index (χ0v) is 17.9. The Bertz CT molecular complexity index is 756. The third-order valence-electron chi connectivity index (χ3n) is 4.37. The smallest absolute Gasteiger partial charge is 0.262 e. The van der Waals surface area contributed by atoms with Crippen LogP contribution in [0.25, 0.3) is 0 Å². The van der Waals surface area contributed by atoms with Gasteiger partial charge in [-0.3, -0.25) is 4.79 Å². The van der Waals surface area contributed by atoms with Gasteiger partial charge in [0.2, 0.25) is 0 Å². The molecule has 0 saturated carbocycles. The third kappa shape index (κ3) is 5.10. The Morgan fingerprint density at radius 3 is 2.23 bits per heavy atom. The van der Waals surface area contributed by atoms with E-state index in [4.69, 9.17) is 4.74 Å². The molecule has 0 aromatic heterocycles. The van der Waals surface area contributed by atoms with E-state index in [9.17, 15) is 4.79 Å². The Balaban J connectivity index is 2.14. The maximum Gasteiger partial charge on any atom is 0.262 e. The van der Waals surface area contributed by atoms with Crippen molar-refractivity contribution in [2.75, 3.05) is 11.9 Å². The molecule has 0 spiro atoms. The van der Waals surface area contributed by atoms with Gasteiger partial charge in [0.1, 0.15) is 5.75 Å². The van der Waals surface area contributed by atoms with E-state index >= 15 is 0 Å². The zero-order chi connectivity index (χ0) is 19.3. The summed E-state index contributed by atoms with van der Waals surface area (Å²) in [6.07, 6.45) is 1.76. The quantitative estimate of drug-likeness (QED) is 0.635. The number of aryl methyl sites for hydroxylation is 2. The van der Waals surface area contributed by atoms with Crippen LogP contribution < -0.4 is 10.1 Å². The van der Waals surface area contributed by atoms with Gasteiger partial charge >= 0.3 is 0 Å². The second-order valence-electron chi connectivity index (χ2n) is 7.39. The number of benzene rings is 2. The fraction of sp³-hybridized carbons (Fsp3) is 0.409. The monoisotopic (exact) mass is 417 g/mol. The van der Waals surface area contributed by atoms with E-state index in [0.29, 0.717) is 0 Å². The molecule has 26 heavy (non-hydrogen) atoms. The average molecular weight is 418 g/mol. The Morgan fingerprint density at radius 2 is 1.69 bits per heavy atom. The summed E-state index contributed by atoms with van der Waals surface area (Å²) in [4.78, 5) is 12.5. The van der Waals surface area contributed by atoms with Crippen molar-refractivity contribution in [2.45, 2.75) is 52.9 Å². The molecular weight excluding hydrogens is 390 g/mol. The van der Waals surface area contributed by atoms with Crippen molar-refractivity contribution in [2.24, 2.45) is 0 Å². The van der Waals surface area contributed by atoms with Crippen LogP contribution in [0.1, 0.15) is 51.3 Å². The fourth-order valence-electron chi connectivity index (χ4n) is 2.94. The van der Waals surface area contributed by atoms with E-state index in [-0.39, 0.29) is 17.9 Å². The summed E-state index contributed by atoms with van der Waals surface area (Å²) in [6.45, 7) is 10.6. The molecule has 3 nitrogen and oxygen atoms in total. The van der Waals surface area contributed by atoms with Gasteiger partial charge < -0.3 is 10.1 Å². The van der Waals surface area contributed by atoms with Crippen LogP contribution in [0.5, 0.6) is 5.75 Å². The van der Waals surface area contributed by atoms with Crippen molar-refractivity contribution in [3.63, 3.8) is 0 Å². The summed E-state index contributed by atoms with van der Waals surface area (Å²) < 4.78 is 6.87. The molecule has 0 bridgehead atoms. The Kier molecular flexibility index (Phi) is 6.87. The minimum Gasteiger partial charge on any atom is -0.483 e. The van der Waals surface area contributed by atoms with Gasteiger partial charge in [0.05, 0.1) is 0 Å². The van der Waals surface area contributed by atoms with Gasteiger partial charge in [-0.25, -0.2) is 0 Å². The van der Waals surface area contributed by atoms with Gasteiger partial charge in [0.25, 0.3) is 5.91 Å². The molecular formula is C22H28BrNO2. The molecule has 2 aromatic carbocycles. The molecule has 2 aromatic rings. The highest BCUT2D eigenvalue weighted by molar-refractivity contribution is 9.10.